The van der Waals surface area contributed by atoms with Crippen LogP contribution in [0.25, 0.3) is 0 Å². The largest absolute Gasteiger partial charge is 0.372 e. The van der Waals surface area contributed by atoms with Gasteiger partial charge in [-0.1, -0.05) is 18.6 Å². The zero-order valence-corrected chi connectivity index (χ0v) is 13.7. The third kappa shape index (κ3) is 4.71. The maximum atomic E-state index is 3.61. The number of anilines is 1. The van der Waals surface area contributed by atoms with Gasteiger partial charge in [-0.25, -0.2) is 0 Å². The van der Waals surface area contributed by atoms with Crippen molar-refractivity contribution < 1.29 is 0 Å². The minimum absolute atomic E-state index is 0.832. The molecule has 1 N–H and O–H groups in total. The number of hydrogen-bond acceptors (Lipinski definition) is 3. The van der Waals surface area contributed by atoms with Crippen molar-refractivity contribution in [2.75, 3.05) is 30.3 Å². The third-order valence-corrected chi connectivity index (χ3v) is 5.44. The summed E-state index contributed by atoms with van der Waals surface area (Å²) in [4.78, 5) is 2.38. The van der Waals surface area contributed by atoms with Crippen molar-refractivity contribution in [1.29, 1.82) is 0 Å². The molecule has 0 aliphatic carbocycles. The van der Waals surface area contributed by atoms with Gasteiger partial charge in [-0.05, 0) is 50.1 Å². The van der Waals surface area contributed by atoms with Crippen LogP contribution in [0.3, 0.4) is 0 Å². The first kappa shape index (κ1) is 15.7. The number of rotatable bonds is 7. The fourth-order valence-electron chi connectivity index (χ4n) is 2.76. The molecule has 2 rings (SSSR count). The predicted octanol–water partition coefficient (Wildman–Crippen LogP) is 3.91. The monoisotopic (exact) mass is 292 g/mol. The van der Waals surface area contributed by atoms with Crippen molar-refractivity contribution in [2.45, 2.75) is 44.9 Å². The van der Waals surface area contributed by atoms with E-state index in [0.29, 0.717) is 0 Å². The highest BCUT2D eigenvalue weighted by Crippen LogP contribution is 2.24. The van der Waals surface area contributed by atoms with E-state index in [1.165, 1.54) is 36.3 Å². The van der Waals surface area contributed by atoms with Crippen LogP contribution in [0.15, 0.2) is 24.3 Å². The lowest BCUT2D eigenvalue weighted by Crippen LogP contribution is -2.26. The fourth-order valence-corrected chi connectivity index (χ4v) is 4.03. The van der Waals surface area contributed by atoms with Gasteiger partial charge in [0.05, 0.1) is 0 Å². The van der Waals surface area contributed by atoms with E-state index in [4.69, 9.17) is 0 Å². The van der Waals surface area contributed by atoms with E-state index in [1.807, 2.05) is 0 Å². The zero-order chi connectivity index (χ0) is 14.2. The van der Waals surface area contributed by atoms with E-state index in [1.54, 1.807) is 0 Å². The molecule has 0 aromatic heterocycles. The van der Waals surface area contributed by atoms with Crippen molar-refractivity contribution in [3.63, 3.8) is 0 Å². The molecule has 2 nitrogen and oxygen atoms in total. The van der Waals surface area contributed by atoms with Gasteiger partial charge in [0.25, 0.3) is 0 Å². The molecule has 1 atom stereocenters. The normalized spacial score (nSPS) is 19.0. The molecule has 1 aromatic rings. The van der Waals surface area contributed by atoms with Crippen LogP contribution in [0.2, 0.25) is 0 Å². The molecule has 1 aliphatic heterocycles. The van der Waals surface area contributed by atoms with Crippen LogP contribution < -0.4 is 10.2 Å². The minimum Gasteiger partial charge on any atom is -0.372 e. The van der Waals surface area contributed by atoms with E-state index < -0.39 is 0 Å². The lowest BCUT2D eigenvalue weighted by molar-refractivity contribution is 0.598. The Labute approximate surface area is 128 Å². The summed E-state index contributed by atoms with van der Waals surface area (Å²) in [6, 6.07) is 9.02. The van der Waals surface area contributed by atoms with Crippen molar-refractivity contribution in [3.8, 4) is 0 Å². The van der Waals surface area contributed by atoms with Gasteiger partial charge in [0, 0.05) is 37.1 Å². The topological polar surface area (TPSA) is 15.3 Å². The Morgan fingerprint density at radius 1 is 1.15 bits per heavy atom. The van der Waals surface area contributed by atoms with Crippen LogP contribution in [-0.2, 0) is 6.54 Å². The maximum absolute atomic E-state index is 3.61. The van der Waals surface area contributed by atoms with Crippen molar-refractivity contribution >= 4 is 17.4 Å². The quantitative estimate of drug-likeness (QED) is 0.820. The molecule has 1 aromatic carbocycles. The average Bonchev–Trinajstić information content (AvgIpc) is 2.51. The molecule has 0 amide bonds. The highest BCUT2D eigenvalue weighted by Gasteiger charge is 2.12. The number of hydrogen-bond donors (Lipinski definition) is 1. The first-order valence-corrected chi connectivity index (χ1v) is 9.04. The van der Waals surface area contributed by atoms with E-state index in [-0.39, 0.29) is 0 Å². The molecule has 3 heteroatoms. The number of nitrogens with zero attached hydrogens (tertiary/aromatic N) is 1. The third-order valence-electron chi connectivity index (χ3n) is 4.04. The Kier molecular flexibility index (Phi) is 6.74. The molecule has 1 unspecified atom stereocenters. The molecular weight excluding hydrogens is 264 g/mol. The van der Waals surface area contributed by atoms with Crippen molar-refractivity contribution in [1.82, 2.24) is 5.32 Å². The van der Waals surface area contributed by atoms with Gasteiger partial charge in [-0.3, -0.25) is 0 Å². The summed E-state index contributed by atoms with van der Waals surface area (Å²) in [5.41, 5.74) is 2.73. The SMILES string of the molecule is CCN(CC)c1ccc(CNCC2CCCCS2)cc1. The first-order chi connectivity index (χ1) is 9.83. The lowest BCUT2D eigenvalue weighted by Gasteiger charge is -2.22. The van der Waals surface area contributed by atoms with Gasteiger partial charge >= 0.3 is 0 Å². The van der Waals surface area contributed by atoms with E-state index >= 15 is 0 Å². The summed E-state index contributed by atoms with van der Waals surface area (Å²) < 4.78 is 0. The van der Waals surface area contributed by atoms with Gasteiger partial charge in [-0.15, -0.1) is 0 Å². The smallest absolute Gasteiger partial charge is 0.0366 e. The second-order valence-electron chi connectivity index (χ2n) is 5.46. The summed E-state index contributed by atoms with van der Waals surface area (Å²) in [6.45, 7) is 8.72. The second kappa shape index (κ2) is 8.58. The number of benzene rings is 1. The van der Waals surface area contributed by atoms with E-state index in [0.717, 1.165) is 31.4 Å². The molecule has 0 spiro atoms. The van der Waals surface area contributed by atoms with Crippen LogP contribution in [0.1, 0.15) is 38.7 Å². The Morgan fingerprint density at radius 2 is 1.90 bits per heavy atom. The maximum Gasteiger partial charge on any atom is 0.0366 e. The standard InChI is InChI=1S/C17H28N2S/c1-3-19(4-2)16-10-8-15(9-11-16)13-18-14-17-7-5-6-12-20-17/h8-11,17-18H,3-7,12-14H2,1-2H3. The van der Waals surface area contributed by atoms with Gasteiger partial charge in [0.15, 0.2) is 0 Å². The van der Waals surface area contributed by atoms with Crippen LogP contribution in [0, 0.1) is 0 Å². The lowest BCUT2D eigenvalue weighted by atomic mass is 10.1. The Morgan fingerprint density at radius 3 is 2.50 bits per heavy atom. The Hall–Kier alpha value is -0.670. The summed E-state index contributed by atoms with van der Waals surface area (Å²) in [5, 5.41) is 4.45. The predicted molar refractivity (Wildman–Crippen MR) is 91.8 cm³/mol. The Bertz CT molecular complexity index is 367. The zero-order valence-electron chi connectivity index (χ0n) is 12.9. The molecule has 1 aliphatic rings. The summed E-state index contributed by atoms with van der Waals surface area (Å²) >= 11 is 2.14. The molecular formula is C17H28N2S. The molecule has 1 saturated heterocycles. The molecule has 0 bridgehead atoms. The number of thioether (sulfide) groups is 1. The molecule has 1 fully saturated rings. The van der Waals surface area contributed by atoms with Gasteiger partial charge in [0.1, 0.15) is 0 Å². The van der Waals surface area contributed by atoms with E-state index in [9.17, 15) is 0 Å². The van der Waals surface area contributed by atoms with Crippen LogP contribution >= 0.6 is 11.8 Å². The molecule has 0 saturated carbocycles. The first-order valence-electron chi connectivity index (χ1n) is 7.99. The van der Waals surface area contributed by atoms with Crippen LogP contribution in [-0.4, -0.2) is 30.6 Å². The van der Waals surface area contributed by atoms with Crippen LogP contribution in [0.5, 0.6) is 0 Å². The fraction of sp³-hybridized carbons (Fsp3) is 0.647. The second-order valence-corrected chi connectivity index (χ2v) is 6.87. The van der Waals surface area contributed by atoms with Gasteiger partial charge in [-0.2, -0.15) is 11.8 Å². The van der Waals surface area contributed by atoms with Gasteiger partial charge < -0.3 is 10.2 Å². The van der Waals surface area contributed by atoms with Gasteiger partial charge in [0.2, 0.25) is 0 Å². The molecule has 0 radical (unpaired) electrons. The highest BCUT2D eigenvalue weighted by molar-refractivity contribution is 7.99. The molecule has 1 heterocycles. The average molecular weight is 292 g/mol. The Balaban J connectivity index is 1.75. The molecule has 20 heavy (non-hydrogen) atoms. The van der Waals surface area contributed by atoms with Crippen molar-refractivity contribution in [3.05, 3.63) is 29.8 Å². The summed E-state index contributed by atoms with van der Waals surface area (Å²) in [5.74, 6) is 1.35. The van der Waals surface area contributed by atoms with E-state index in [2.05, 4.69) is 60.1 Å². The highest BCUT2D eigenvalue weighted by atomic mass is 32.2. The minimum atomic E-state index is 0.832. The van der Waals surface area contributed by atoms with Crippen LogP contribution in [0.4, 0.5) is 5.69 Å². The molecule has 112 valence electrons. The van der Waals surface area contributed by atoms with Crippen molar-refractivity contribution in [2.24, 2.45) is 0 Å². The number of nitrogens with one attached hydrogen (secondary N) is 1. The summed E-state index contributed by atoms with van der Waals surface area (Å²) in [7, 11) is 0. The summed E-state index contributed by atoms with van der Waals surface area (Å²) in [6.07, 6.45) is 4.21.